The first-order valence-corrected chi connectivity index (χ1v) is 12.8. The molecule has 2 saturated heterocycles. The van der Waals surface area contributed by atoms with Crippen LogP contribution in [0.1, 0.15) is 42.1 Å². The number of carbonyl (C=O) groups is 1. The minimum Gasteiger partial charge on any atom is -0.378 e. The average Bonchev–Trinajstić information content (AvgIpc) is 2.88. The third-order valence-corrected chi connectivity index (χ3v) is 7.93. The van der Waals surface area contributed by atoms with Crippen LogP contribution in [-0.2, 0) is 14.8 Å². The SMILES string of the molecule is CC(=NNC(=O)c1cccc(S(=O)(=O)N2CCCCC2)c1)c1ccc(N2CCOCC2)cc1. The highest BCUT2D eigenvalue weighted by Gasteiger charge is 2.26. The van der Waals surface area contributed by atoms with Crippen molar-refractivity contribution >= 4 is 27.3 Å². The lowest BCUT2D eigenvalue weighted by molar-refractivity contribution is 0.0954. The number of nitrogens with zero attached hydrogens (tertiary/aromatic N) is 3. The first-order valence-electron chi connectivity index (χ1n) is 11.3. The minimum absolute atomic E-state index is 0.136. The highest BCUT2D eigenvalue weighted by Crippen LogP contribution is 2.21. The van der Waals surface area contributed by atoms with Crippen LogP contribution in [0.15, 0.2) is 58.5 Å². The molecule has 9 heteroatoms. The number of nitrogens with one attached hydrogen (secondary N) is 1. The number of hydrazone groups is 1. The summed E-state index contributed by atoms with van der Waals surface area (Å²) in [6, 6.07) is 14.2. The summed E-state index contributed by atoms with van der Waals surface area (Å²) in [6.07, 6.45) is 2.77. The van der Waals surface area contributed by atoms with E-state index in [1.807, 2.05) is 31.2 Å². The molecule has 2 heterocycles. The van der Waals surface area contributed by atoms with Gasteiger partial charge in [0.1, 0.15) is 0 Å². The Kier molecular flexibility index (Phi) is 7.42. The number of anilines is 1. The Labute approximate surface area is 195 Å². The average molecular weight is 471 g/mol. The number of hydrogen-bond donors (Lipinski definition) is 1. The molecule has 8 nitrogen and oxygen atoms in total. The zero-order valence-corrected chi connectivity index (χ0v) is 19.7. The predicted octanol–water partition coefficient (Wildman–Crippen LogP) is 2.85. The summed E-state index contributed by atoms with van der Waals surface area (Å²) >= 11 is 0. The standard InChI is InChI=1S/C24H30N4O4S/c1-19(20-8-10-22(11-9-20)27-14-16-32-17-15-27)25-26-24(29)21-6-5-7-23(18-21)33(30,31)28-12-3-2-4-13-28/h5-11,18H,2-4,12-17H2,1H3,(H,26,29). The summed E-state index contributed by atoms with van der Waals surface area (Å²) in [5, 5.41) is 4.22. The molecule has 0 unspecified atom stereocenters. The number of hydrogen-bond acceptors (Lipinski definition) is 6. The Hall–Kier alpha value is -2.75. The van der Waals surface area contributed by atoms with Gasteiger partial charge in [0.05, 0.1) is 23.8 Å². The van der Waals surface area contributed by atoms with Crippen LogP contribution in [0.4, 0.5) is 5.69 Å². The zero-order chi connectivity index (χ0) is 23.3. The summed E-state index contributed by atoms with van der Waals surface area (Å²) in [5.41, 5.74) is 5.49. The molecule has 0 saturated carbocycles. The van der Waals surface area contributed by atoms with Gasteiger partial charge in [0.15, 0.2) is 0 Å². The molecule has 0 spiro atoms. The summed E-state index contributed by atoms with van der Waals surface area (Å²) < 4.78 is 32.7. The second kappa shape index (κ2) is 10.5. The van der Waals surface area contributed by atoms with Crippen LogP contribution < -0.4 is 10.3 Å². The van der Waals surface area contributed by atoms with Gasteiger partial charge in [-0.2, -0.15) is 9.41 Å². The molecular formula is C24H30N4O4S. The van der Waals surface area contributed by atoms with E-state index in [2.05, 4.69) is 15.4 Å². The lowest BCUT2D eigenvalue weighted by Crippen LogP contribution is -2.36. The molecule has 33 heavy (non-hydrogen) atoms. The smallest absolute Gasteiger partial charge is 0.271 e. The molecule has 1 amide bonds. The third-order valence-electron chi connectivity index (χ3n) is 6.04. The van der Waals surface area contributed by atoms with Crippen molar-refractivity contribution in [2.45, 2.75) is 31.1 Å². The Morgan fingerprint density at radius 1 is 0.939 bits per heavy atom. The van der Waals surface area contributed by atoms with Crippen molar-refractivity contribution in [1.82, 2.24) is 9.73 Å². The zero-order valence-electron chi connectivity index (χ0n) is 18.9. The van der Waals surface area contributed by atoms with Gasteiger partial charge in [-0.05, 0) is 55.7 Å². The molecular weight excluding hydrogens is 440 g/mol. The van der Waals surface area contributed by atoms with Crippen LogP contribution in [-0.4, -0.2) is 63.7 Å². The fraction of sp³-hybridized carbons (Fsp3) is 0.417. The molecule has 0 aromatic heterocycles. The van der Waals surface area contributed by atoms with Gasteiger partial charge in [-0.15, -0.1) is 0 Å². The maximum atomic E-state index is 12.9. The monoisotopic (exact) mass is 470 g/mol. The summed E-state index contributed by atoms with van der Waals surface area (Å²) in [7, 11) is -3.60. The third kappa shape index (κ3) is 5.61. The Balaban J connectivity index is 1.42. The van der Waals surface area contributed by atoms with E-state index in [-0.39, 0.29) is 10.5 Å². The van der Waals surface area contributed by atoms with Crippen molar-refractivity contribution in [3.8, 4) is 0 Å². The Morgan fingerprint density at radius 3 is 2.33 bits per heavy atom. The molecule has 2 aliphatic rings. The molecule has 1 N–H and O–H groups in total. The number of rotatable bonds is 6. The Bertz CT molecular complexity index is 1100. The van der Waals surface area contributed by atoms with Gasteiger partial charge < -0.3 is 9.64 Å². The quantitative estimate of drug-likeness (QED) is 0.518. The van der Waals surface area contributed by atoms with Gasteiger partial charge in [0.2, 0.25) is 10.0 Å². The molecule has 2 fully saturated rings. The number of benzene rings is 2. The minimum atomic E-state index is -3.60. The Morgan fingerprint density at radius 2 is 1.64 bits per heavy atom. The molecule has 2 aromatic rings. The van der Waals surface area contributed by atoms with Crippen LogP contribution in [0.2, 0.25) is 0 Å². The number of piperidine rings is 1. The van der Waals surface area contributed by atoms with E-state index in [4.69, 9.17) is 4.74 Å². The number of sulfonamides is 1. The van der Waals surface area contributed by atoms with E-state index in [0.29, 0.717) is 18.8 Å². The first kappa shape index (κ1) is 23.4. The number of ether oxygens (including phenoxy) is 1. The summed E-state index contributed by atoms with van der Waals surface area (Å²) in [6.45, 7) is 6.06. The van der Waals surface area contributed by atoms with E-state index in [1.54, 1.807) is 12.1 Å². The van der Waals surface area contributed by atoms with E-state index >= 15 is 0 Å². The number of morpholine rings is 1. The number of carbonyl (C=O) groups excluding carboxylic acids is 1. The maximum absolute atomic E-state index is 12.9. The van der Waals surface area contributed by atoms with Crippen molar-refractivity contribution in [3.63, 3.8) is 0 Å². The molecule has 2 aliphatic heterocycles. The van der Waals surface area contributed by atoms with Crippen LogP contribution >= 0.6 is 0 Å². The molecule has 4 rings (SSSR count). The van der Waals surface area contributed by atoms with E-state index in [9.17, 15) is 13.2 Å². The van der Waals surface area contributed by atoms with E-state index in [0.717, 1.165) is 56.8 Å². The van der Waals surface area contributed by atoms with Gasteiger partial charge in [0, 0.05) is 37.4 Å². The van der Waals surface area contributed by atoms with Gasteiger partial charge in [-0.3, -0.25) is 4.79 Å². The van der Waals surface area contributed by atoms with Crippen LogP contribution in [0, 0.1) is 0 Å². The van der Waals surface area contributed by atoms with Crippen molar-refractivity contribution in [2.24, 2.45) is 5.10 Å². The van der Waals surface area contributed by atoms with Gasteiger partial charge in [-0.25, -0.2) is 13.8 Å². The van der Waals surface area contributed by atoms with Crippen LogP contribution in [0.25, 0.3) is 0 Å². The van der Waals surface area contributed by atoms with Gasteiger partial charge >= 0.3 is 0 Å². The maximum Gasteiger partial charge on any atom is 0.271 e. The molecule has 0 bridgehead atoms. The fourth-order valence-electron chi connectivity index (χ4n) is 4.05. The van der Waals surface area contributed by atoms with Crippen molar-refractivity contribution < 1.29 is 17.9 Å². The molecule has 2 aromatic carbocycles. The van der Waals surface area contributed by atoms with Crippen LogP contribution in [0.3, 0.4) is 0 Å². The second-order valence-electron chi connectivity index (χ2n) is 8.28. The van der Waals surface area contributed by atoms with E-state index in [1.165, 1.54) is 16.4 Å². The fourth-order valence-corrected chi connectivity index (χ4v) is 5.61. The number of amides is 1. The van der Waals surface area contributed by atoms with Crippen molar-refractivity contribution in [1.29, 1.82) is 0 Å². The lowest BCUT2D eigenvalue weighted by Gasteiger charge is -2.28. The van der Waals surface area contributed by atoms with Crippen molar-refractivity contribution in [2.75, 3.05) is 44.3 Å². The van der Waals surface area contributed by atoms with Crippen LogP contribution in [0.5, 0.6) is 0 Å². The predicted molar refractivity (Wildman–Crippen MR) is 128 cm³/mol. The first-order chi connectivity index (χ1) is 15.9. The summed E-state index contributed by atoms with van der Waals surface area (Å²) in [5.74, 6) is -0.449. The highest BCUT2D eigenvalue weighted by molar-refractivity contribution is 7.89. The van der Waals surface area contributed by atoms with Gasteiger partial charge in [0.25, 0.3) is 5.91 Å². The van der Waals surface area contributed by atoms with E-state index < -0.39 is 15.9 Å². The summed E-state index contributed by atoms with van der Waals surface area (Å²) in [4.78, 5) is 15.1. The second-order valence-corrected chi connectivity index (χ2v) is 10.2. The molecule has 176 valence electrons. The lowest BCUT2D eigenvalue weighted by atomic mass is 10.1. The van der Waals surface area contributed by atoms with Gasteiger partial charge in [-0.1, -0.05) is 24.6 Å². The topological polar surface area (TPSA) is 91.3 Å². The largest absolute Gasteiger partial charge is 0.378 e. The van der Waals surface area contributed by atoms with Crippen molar-refractivity contribution in [3.05, 3.63) is 59.7 Å². The highest BCUT2D eigenvalue weighted by atomic mass is 32.2. The normalized spacial score (nSPS) is 18.2. The molecule has 0 aliphatic carbocycles. The molecule has 0 atom stereocenters. The molecule has 0 radical (unpaired) electrons.